The van der Waals surface area contributed by atoms with Gasteiger partial charge in [0.25, 0.3) is 5.69 Å². The predicted octanol–water partition coefficient (Wildman–Crippen LogP) is -1.25. The summed E-state index contributed by atoms with van der Waals surface area (Å²) in [6.07, 6.45) is 0.768. The first kappa shape index (κ1) is 8.48. The van der Waals surface area contributed by atoms with Gasteiger partial charge in [0.2, 0.25) is 5.69 Å². The molecule has 0 aliphatic heterocycles. The average Bonchev–Trinajstić information content (AvgIpc) is 2.59. The van der Waals surface area contributed by atoms with E-state index < -0.39 is 0 Å². The lowest BCUT2D eigenvalue weighted by atomic mass is 9.97. The number of nitrogens with zero attached hydrogens (tertiary/aromatic N) is 4. The fourth-order valence-corrected chi connectivity index (χ4v) is 1.38. The monoisotopic (exact) mass is 197 g/mol. The molecule has 1 aliphatic carbocycles. The molecule has 0 fully saturated rings. The number of fused-ring (bicyclic) bond motifs is 1. The Morgan fingerprint density at radius 3 is 3.00 bits per heavy atom. The van der Waals surface area contributed by atoms with E-state index in [2.05, 4.69) is 20.0 Å². The molecule has 0 aromatic carbocycles. The van der Waals surface area contributed by atoms with Crippen molar-refractivity contribution in [3.8, 4) is 0 Å². The summed E-state index contributed by atoms with van der Waals surface area (Å²) in [5.74, 6) is 5.10. The maximum atomic E-state index is 11.0. The van der Waals surface area contributed by atoms with Gasteiger partial charge in [-0.2, -0.15) is 5.10 Å². The van der Waals surface area contributed by atoms with E-state index in [1.165, 1.54) is 0 Å². The molecule has 0 amide bonds. The summed E-state index contributed by atoms with van der Waals surface area (Å²) < 4.78 is 4.38. The lowest BCUT2D eigenvalue weighted by Crippen LogP contribution is -2.34. The van der Waals surface area contributed by atoms with Crippen LogP contribution in [0.3, 0.4) is 0 Å². The number of hydrogen-bond donors (Lipinski definition) is 2. The molecule has 3 N–H and O–H groups in total. The number of oxime groups is 1. The Hall–Kier alpha value is -2.12. The molecule has 0 unspecified atom stereocenters. The summed E-state index contributed by atoms with van der Waals surface area (Å²) in [5, 5.41) is 29.5. The van der Waals surface area contributed by atoms with E-state index in [1.807, 2.05) is 0 Å². The molecule has 1 aromatic rings. The average molecular weight is 197 g/mol. The van der Waals surface area contributed by atoms with Crippen molar-refractivity contribution in [2.75, 3.05) is 0 Å². The van der Waals surface area contributed by atoms with Crippen molar-refractivity contribution < 1.29 is 14.7 Å². The van der Waals surface area contributed by atoms with Gasteiger partial charge in [-0.15, -0.1) is 0 Å². The van der Waals surface area contributed by atoms with E-state index in [0.29, 0.717) is 29.2 Å². The zero-order chi connectivity index (χ0) is 10.1. The van der Waals surface area contributed by atoms with Crippen LogP contribution in [-0.2, 0) is 6.42 Å². The molecule has 1 aromatic heterocycles. The standard InChI is InChI=1S/C6H7N5O3/c7-8-5-3(9-12)1-2-4-6(5)10-14-11(4)13/h12H,1-2,7H2. The molecule has 0 radical (unpaired) electrons. The molecule has 14 heavy (non-hydrogen) atoms. The maximum absolute atomic E-state index is 11.0. The summed E-state index contributed by atoms with van der Waals surface area (Å²) >= 11 is 0. The van der Waals surface area contributed by atoms with Crippen molar-refractivity contribution in [1.29, 1.82) is 0 Å². The highest BCUT2D eigenvalue weighted by molar-refractivity contribution is 6.48. The van der Waals surface area contributed by atoms with Crippen molar-refractivity contribution in [2.45, 2.75) is 12.8 Å². The van der Waals surface area contributed by atoms with E-state index in [4.69, 9.17) is 11.0 Å². The zero-order valence-electron chi connectivity index (χ0n) is 7.04. The summed E-state index contributed by atoms with van der Waals surface area (Å²) in [5.41, 5.74) is 1.07. The minimum atomic E-state index is 0.187. The molecule has 0 atom stereocenters. The Bertz CT molecular complexity index is 421. The van der Waals surface area contributed by atoms with Gasteiger partial charge < -0.3 is 16.3 Å². The van der Waals surface area contributed by atoms with E-state index in [1.54, 1.807) is 0 Å². The van der Waals surface area contributed by atoms with Gasteiger partial charge in [-0.05, 0) is 4.90 Å². The number of aromatic nitrogens is 2. The number of hydrogen-bond acceptors (Lipinski definition) is 7. The second-order valence-electron chi connectivity index (χ2n) is 2.75. The van der Waals surface area contributed by atoms with Gasteiger partial charge in [0.05, 0.1) is 0 Å². The normalized spacial score (nSPS) is 21.4. The van der Waals surface area contributed by atoms with Crippen molar-refractivity contribution in [2.24, 2.45) is 16.1 Å². The molecule has 8 nitrogen and oxygen atoms in total. The smallest absolute Gasteiger partial charge is 0.273 e. The Balaban J connectivity index is 2.57. The third-order valence-corrected chi connectivity index (χ3v) is 2.05. The van der Waals surface area contributed by atoms with E-state index in [-0.39, 0.29) is 11.4 Å². The Morgan fingerprint density at radius 1 is 1.57 bits per heavy atom. The van der Waals surface area contributed by atoms with Crippen LogP contribution >= 0.6 is 0 Å². The maximum Gasteiger partial charge on any atom is 0.273 e. The van der Waals surface area contributed by atoms with Crippen LogP contribution in [0.4, 0.5) is 0 Å². The highest BCUT2D eigenvalue weighted by atomic mass is 16.8. The van der Waals surface area contributed by atoms with Gasteiger partial charge in [-0.25, -0.2) is 0 Å². The summed E-state index contributed by atoms with van der Waals surface area (Å²) in [7, 11) is 0. The van der Waals surface area contributed by atoms with Crippen molar-refractivity contribution in [1.82, 2.24) is 5.16 Å². The van der Waals surface area contributed by atoms with Gasteiger partial charge in [-0.1, -0.05) is 5.16 Å². The van der Waals surface area contributed by atoms with Gasteiger partial charge in [0.15, 0.2) is 5.71 Å². The molecule has 74 valence electrons. The lowest BCUT2D eigenvalue weighted by Gasteiger charge is -2.07. The lowest BCUT2D eigenvalue weighted by molar-refractivity contribution is -0.807. The van der Waals surface area contributed by atoms with E-state index in [9.17, 15) is 5.21 Å². The Labute approximate surface area is 77.8 Å². The molecule has 0 saturated carbocycles. The predicted molar refractivity (Wildman–Crippen MR) is 43.7 cm³/mol. The largest absolute Gasteiger partial charge is 0.411 e. The number of nitrogens with two attached hydrogens (primary N) is 1. The van der Waals surface area contributed by atoms with Crippen LogP contribution in [-0.4, -0.2) is 21.8 Å². The van der Waals surface area contributed by atoms with Gasteiger partial charge in [0, 0.05) is 18.0 Å². The molecule has 0 saturated heterocycles. The quantitative estimate of drug-likeness (QED) is 0.232. The van der Waals surface area contributed by atoms with Crippen molar-refractivity contribution >= 4 is 11.4 Å². The van der Waals surface area contributed by atoms with Gasteiger partial charge in [0.1, 0.15) is 5.71 Å². The number of hydrazone groups is 1. The van der Waals surface area contributed by atoms with E-state index >= 15 is 0 Å². The number of rotatable bonds is 0. The first-order valence-electron chi connectivity index (χ1n) is 3.86. The molecule has 1 aliphatic rings. The van der Waals surface area contributed by atoms with Crippen LogP contribution in [0, 0.1) is 5.21 Å². The second kappa shape index (κ2) is 2.98. The van der Waals surface area contributed by atoms with Crippen molar-refractivity contribution in [3.05, 3.63) is 16.6 Å². The van der Waals surface area contributed by atoms with Gasteiger partial charge >= 0.3 is 0 Å². The molecule has 8 heteroatoms. The highest BCUT2D eigenvalue weighted by Gasteiger charge is 2.33. The summed E-state index contributed by atoms with van der Waals surface area (Å²) in [4.78, 5) is 0.300. The first-order chi connectivity index (χ1) is 6.77. The third kappa shape index (κ3) is 1.00. The first-order valence-corrected chi connectivity index (χ1v) is 3.86. The van der Waals surface area contributed by atoms with Crippen LogP contribution in [0.5, 0.6) is 0 Å². The summed E-state index contributed by atoms with van der Waals surface area (Å²) in [6, 6.07) is 0. The van der Waals surface area contributed by atoms with Crippen LogP contribution in [0.25, 0.3) is 0 Å². The topological polar surface area (TPSA) is 124 Å². The fraction of sp³-hybridized carbons (Fsp3) is 0.333. The van der Waals surface area contributed by atoms with Crippen LogP contribution in [0.15, 0.2) is 14.9 Å². The zero-order valence-corrected chi connectivity index (χ0v) is 7.04. The Morgan fingerprint density at radius 2 is 2.36 bits per heavy atom. The van der Waals surface area contributed by atoms with Gasteiger partial charge in [-0.3, -0.25) is 4.63 Å². The van der Waals surface area contributed by atoms with Crippen LogP contribution in [0.1, 0.15) is 17.8 Å². The molecule has 2 rings (SSSR count). The van der Waals surface area contributed by atoms with E-state index in [0.717, 1.165) is 0 Å². The third-order valence-electron chi connectivity index (χ3n) is 2.05. The SMILES string of the molecule is NN=C1C(=NO)CCc2c1no[n+]2[O-]. The fourth-order valence-electron chi connectivity index (χ4n) is 1.38. The van der Waals surface area contributed by atoms with Crippen molar-refractivity contribution in [3.63, 3.8) is 0 Å². The molecule has 0 spiro atoms. The summed E-state index contributed by atoms with van der Waals surface area (Å²) in [6.45, 7) is 0. The molecule has 0 bridgehead atoms. The molecular weight excluding hydrogens is 190 g/mol. The van der Waals surface area contributed by atoms with Crippen LogP contribution in [0.2, 0.25) is 0 Å². The minimum Gasteiger partial charge on any atom is -0.411 e. The minimum absolute atomic E-state index is 0.187. The Kier molecular flexibility index (Phi) is 1.80. The van der Waals surface area contributed by atoms with Crippen LogP contribution < -0.4 is 10.7 Å². The highest BCUT2D eigenvalue weighted by Crippen LogP contribution is 2.14. The second-order valence-corrected chi connectivity index (χ2v) is 2.75. The molecular formula is C6H7N5O3. The molecule has 1 heterocycles.